The second-order valence-corrected chi connectivity index (χ2v) is 7.98. The maximum atomic E-state index is 12.3. The van der Waals surface area contributed by atoms with Crippen molar-refractivity contribution in [2.75, 3.05) is 6.26 Å². The van der Waals surface area contributed by atoms with Gasteiger partial charge in [0.05, 0.1) is 10.9 Å². The van der Waals surface area contributed by atoms with Gasteiger partial charge in [-0.25, -0.2) is 8.42 Å². The van der Waals surface area contributed by atoms with Crippen LogP contribution < -0.4 is 5.32 Å². The summed E-state index contributed by atoms with van der Waals surface area (Å²) in [5, 5.41) is 2.86. The fraction of sp³-hybridized carbons (Fsp3) is 0.188. The second kappa shape index (κ2) is 6.62. The maximum Gasteiger partial charge on any atom is 0.251 e. The normalized spacial score (nSPS) is 12.7. The number of sulfone groups is 1. The minimum absolute atomic E-state index is 0.136. The second-order valence-electron chi connectivity index (χ2n) is 5.05. The molecule has 0 saturated heterocycles. The zero-order chi connectivity index (χ0) is 16.3. The average Bonchev–Trinajstić information content (AvgIpc) is 2.47. The standard InChI is InChI=1S/C16H16BrNO3S/c1-11(12-6-8-14(17)9-7-12)18-16(19)13-4-3-5-15(10-13)22(2,20)21/h3-11H,1-2H3,(H,18,19)/t11-/m0/s1. The molecule has 1 amide bonds. The lowest BCUT2D eigenvalue weighted by Crippen LogP contribution is -2.26. The van der Waals surface area contributed by atoms with Crippen molar-refractivity contribution in [2.24, 2.45) is 0 Å². The molecule has 0 fully saturated rings. The van der Waals surface area contributed by atoms with Crippen LogP contribution in [0.5, 0.6) is 0 Å². The number of hydrogen-bond acceptors (Lipinski definition) is 3. The minimum atomic E-state index is -3.33. The van der Waals surface area contributed by atoms with Crippen molar-refractivity contribution >= 4 is 31.7 Å². The predicted octanol–water partition coefficient (Wildman–Crippen LogP) is 3.34. The van der Waals surface area contributed by atoms with Crippen LogP contribution in [0.25, 0.3) is 0 Å². The first-order chi connectivity index (χ1) is 10.3. The molecule has 0 bridgehead atoms. The molecule has 2 rings (SSSR count). The van der Waals surface area contributed by atoms with Gasteiger partial charge in [-0.15, -0.1) is 0 Å². The Labute approximate surface area is 138 Å². The summed E-state index contributed by atoms with van der Waals surface area (Å²) in [5.41, 5.74) is 1.29. The SMILES string of the molecule is C[C@H](NC(=O)c1cccc(S(C)(=O)=O)c1)c1ccc(Br)cc1. The highest BCUT2D eigenvalue weighted by Gasteiger charge is 2.14. The fourth-order valence-corrected chi connectivity index (χ4v) is 2.91. The van der Waals surface area contributed by atoms with Gasteiger partial charge >= 0.3 is 0 Å². The summed E-state index contributed by atoms with van der Waals surface area (Å²) in [5.74, 6) is -0.305. The van der Waals surface area contributed by atoms with Crippen molar-refractivity contribution in [1.82, 2.24) is 5.32 Å². The van der Waals surface area contributed by atoms with E-state index in [4.69, 9.17) is 0 Å². The van der Waals surface area contributed by atoms with Crippen LogP contribution in [0.2, 0.25) is 0 Å². The molecule has 116 valence electrons. The molecular weight excluding hydrogens is 366 g/mol. The summed E-state index contributed by atoms with van der Waals surface area (Å²) in [6.07, 6.45) is 1.12. The van der Waals surface area contributed by atoms with E-state index in [-0.39, 0.29) is 16.8 Å². The molecule has 0 unspecified atom stereocenters. The smallest absolute Gasteiger partial charge is 0.251 e. The van der Waals surface area contributed by atoms with Gasteiger partial charge in [0.15, 0.2) is 9.84 Å². The number of hydrogen-bond donors (Lipinski definition) is 1. The molecule has 0 aliphatic rings. The van der Waals surface area contributed by atoms with Gasteiger partial charge in [-0.3, -0.25) is 4.79 Å². The molecule has 6 heteroatoms. The van der Waals surface area contributed by atoms with E-state index in [1.54, 1.807) is 12.1 Å². The molecule has 0 spiro atoms. The number of benzene rings is 2. The molecule has 2 aromatic carbocycles. The summed E-state index contributed by atoms with van der Waals surface area (Å²) < 4.78 is 24.1. The predicted molar refractivity (Wildman–Crippen MR) is 89.6 cm³/mol. The highest BCUT2D eigenvalue weighted by molar-refractivity contribution is 9.10. The lowest BCUT2D eigenvalue weighted by Gasteiger charge is -2.14. The molecule has 1 atom stereocenters. The lowest BCUT2D eigenvalue weighted by atomic mass is 10.1. The van der Waals surface area contributed by atoms with Crippen LogP contribution in [0.15, 0.2) is 57.9 Å². The van der Waals surface area contributed by atoms with E-state index < -0.39 is 9.84 Å². The Hall–Kier alpha value is -1.66. The van der Waals surface area contributed by atoms with Crippen LogP contribution in [0.1, 0.15) is 28.9 Å². The molecular formula is C16H16BrNO3S. The first kappa shape index (κ1) is 16.7. The van der Waals surface area contributed by atoms with Gasteiger partial charge in [-0.1, -0.05) is 34.1 Å². The molecule has 1 N–H and O–H groups in total. The van der Waals surface area contributed by atoms with E-state index in [1.807, 2.05) is 31.2 Å². The van der Waals surface area contributed by atoms with Crippen LogP contribution in [0.4, 0.5) is 0 Å². The summed E-state index contributed by atoms with van der Waals surface area (Å²) in [6.45, 7) is 1.88. The van der Waals surface area contributed by atoms with Gasteiger partial charge < -0.3 is 5.32 Å². The quantitative estimate of drug-likeness (QED) is 0.882. The Kier molecular flexibility index (Phi) is 5.03. The minimum Gasteiger partial charge on any atom is -0.346 e. The summed E-state index contributed by atoms with van der Waals surface area (Å²) >= 11 is 3.36. The molecule has 0 heterocycles. The maximum absolute atomic E-state index is 12.3. The van der Waals surface area contributed by atoms with Crippen LogP contribution >= 0.6 is 15.9 Å². The van der Waals surface area contributed by atoms with Crippen molar-refractivity contribution in [3.63, 3.8) is 0 Å². The Morgan fingerprint density at radius 2 is 1.77 bits per heavy atom. The van der Waals surface area contributed by atoms with Crippen molar-refractivity contribution < 1.29 is 13.2 Å². The highest BCUT2D eigenvalue weighted by Crippen LogP contribution is 2.18. The first-order valence-electron chi connectivity index (χ1n) is 6.64. The summed E-state index contributed by atoms with van der Waals surface area (Å²) in [6, 6.07) is 13.5. The zero-order valence-corrected chi connectivity index (χ0v) is 14.6. The van der Waals surface area contributed by atoms with Gasteiger partial charge in [0, 0.05) is 16.3 Å². The zero-order valence-electron chi connectivity index (χ0n) is 12.2. The van der Waals surface area contributed by atoms with Crippen LogP contribution in [0, 0.1) is 0 Å². The van der Waals surface area contributed by atoms with Crippen molar-refractivity contribution in [3.05, 3.63) is 64.1 Å². The number of carbonyl (C=O) groups excluding carboxylic acids is 1. The van der Waals surface area contributed by atoms with Crippen molar-refractivity contribution in [1.29, 1.82) is 0 Å². The van der Waals surface area contributed by atoms with Gasteiger partial charge in [-0.05, 0) is 42.8 Å². The average molecular weight is 382 g/mol. The molecule has 2 aromatic rings. The Balaban J connectivity index is 2.17. The van der Waals surface area contributed by atoms with Gasteiger partial charge in [0.1, 0.15) is 0 Å². The Morgan fingerprint density at radius 1 is 1.14 bits per heavy atom. The third-order valence-corrected chi connectivity index (χ3v) is 4.88. The van der Waals surface area contributed by atoms with E-state index >= 15 is 0 Å². The molecule has 4 nitrogen and oxygen atoms in total. The third-order valence-electron chi connectivity index (χ3n) is 3.24. The number of carbonyl (C=O) groups is 1. The van der Waals surface area contributed by atoms with Crippen LogP contribution in [-0.2, 0) is 9.84 Å². The number of nitrogens with one attached hydrogen (secondary N) is 1. The fourth-order valence-electron chi connectivity index (χ4n) is 1.98. The molecule has 0 saturated carbocycles. The topological polar surface area (TPSA) is 63.2 Å². The molecule has 0 radical (unpaired) electrons. The lowest BCUT2D eigenvalue weighted by molar-refractivity contribution is 0.0939. The van der Waals surface area contributed by atoms with Crippen LogP contribution in [0.3, 0.4) is 0 Å². The van der Waals surface area contributed by atoms with E-state index in [0.717, 1.165) is 16.3 Å². The van der Waals surface area contributed by atoms with Crippen molar-refractivity contribution in [3.8, 4) is 0 Å². The molecule has 0 aliphatic heterocycles. The summed E-state index contributed by atoms with van der Waals surface area (Å²) in [4.78, 5) is 12.4. The Bertz CT molecular complexity index is 785. The van der Waals surface area contributed by atoms with Crippen LogP contribution in [-0.4, -0.2) is 20.6 Å². The third kappa shape index (κ3) is 4.18. The largest absolute Gasteiger partial charge is 0.346 e. The van der Waals surface area contributed by atoms with Crippen molar-refractivity contribution in [2.45, 2.75) is 17.9 Å². The van der Waals surface area contributed by atoms with Gasteiger partial charge in [-0.2, -0.15) is 0 Å². The van der Waals surface area contributed by atoms with E-state index in [1.165, 1.54) is 12.1 Å². The molecule has 0 aromatic heterocycles. The summed E-state index contributed by atoms with van der Waals surface area (Å²) in [7, 11) is -3.33. The molecule has 22 heavy (non-hydrogen) atoms. The van der Waals surface area contributed by atoms with E-state index in [2.05, 4.69) is 21.2 Å². The van der Waals surface area contributed by atoms with Gasteiger partial charge in [0.25, 0.3) is 5.91 Å². The monoisotopic (exact) mass is 381 g/mol. The Morgan fingerprint density at radius 3 is 2.36 bits per heavy atom. The van der Waals surface area contributed by atoms with Gasteiger partial charge in [0.2, 0.25) is 0 Å². The molecule has 0 aliphatic carbocycles. The number of amides is 1. The van der Waals surface area contributed by atoms with E-state index in [0.29, 0.717) is 5.56 Å². The number of rotatable bonds is 4. The first-order valence-corrected chi connectivity index (χ1v) is 9.32. The highest BCUT2D eigenvalue weighted by atomic mass is 79.9. The number of halogens is 1. The van der Waals surface area contributed by atoms with E-state index in [9.17, 15) is 13.2 Å².